The zero-order chi connectivity index (χ0) is 28.3. The van der Waals surface area contributed by atoms with E-state index in [9.17, 15) is 26.0 Å². The van der Waals surface area contributed by atoms with Crippen molar-refractivity contribution in [2.24, 2.45) is 0 Å². The molecule has 0 radical (unpaired) electrons. The molecule has 206 valence electrons. The lowest BCUT2D eigenvalue weighted by atomic mass is 9.90. The Labute approximate surface area is 219 Å². The predicted molar refractivity (Wildman–Crippen MR) is 132 cm³/mol. The summed E-state index contributed by atoms with van der Waals surface area (Å²) in [6.45, 7) is 5.65. The van der Waals surface area contributed by atoms with Crippen LogP contribution in [-0.2, 0) is 26.9 Å². The second-order valence-electron chi connectivity index (χ2n) is 9.03. The van der Waals surface area contributed by atoms with Gasteiger partial charge in [-0.05, 0) is 25.5 Å². The number of carbonyl (C=O) groups is 1. The number of rotatable bonds is 7. The number of carboxylic acids is 1. The fourth-order valence-electron chi connectivity index (χ4n) is 3.98. The Kier molecular flexibility index (Phi) is 8.79. The average molecular weight is 578 g/mol. The van der Waals surface area contributed by atoms with Gasteiger partial charge in [-0.1, -0.05) is 30.3 Å². The third-order valence-corrected chi connectivity index (χ3v) is 7.93. The molecule has 0 unspecified atom stereocenters. The smallest absolute Gasteiger partial charge is 0.475 e. The summed E-state index contributed by atoms with van der Waals surface area (Å²) in [7, 11) is -4.20. The van der Waals surface area contributed by atoms with Crippen molar-refractivity contribution in [3.05, 3.63) is 75.7 Å². The van der Waals surface area contributed by atoms with Gasteiger partial charge in [0, 0.05) is 36.3 Å². The minimum Gasteiger partial charge on any atom is -0.475 e. The predicted octanol–water partition coefficient (Wildman–Crippen LogP) is 5.02. The van der Waals surface area contributed by atoms with Crippen molar-refractivity contribution in [2.45, 2.75) is 42.8 Å². The summed E-state index contributed by atoms with van der Waals surface area (Å²) in [6.07, 6.45) is -5.08. The number of hydrogen-bond acceptors (Lipinski definition) is 7. The minimum absolute atomic E-state index is 0.0842. The number of carboxylic acid groups (broad SMARTS) is 1. The van der Waals surface area contributed by atoms with Gasteiger partial charge in [0.05, 0.1) is 22.5 Å². The number of halogens is 5. The van der Waals surface area contributed by atoms with Gasteiger partial charge in [0.2, 0.25) is 0 Å². The van der Waals surface area contributed by atoms with Crippen molar-refractivity contribution >= 4 is 32.8 Å². The standard InChI is InChI=1S/C22H23F2N3O2S2.C2HF3O2/c1-15-19(26-22(2)12-27(13-22)9-16-6-4-3-5-7-16)8-18(23)21(20(15)24)31(28,29)11-17-10-30-14-25-17;3-2(4,5)1(6)7/h3-8,10,14,26H,9,11-13H2,1-2H3;(H,6,7). The number of benzene rings is 2. The highest BCUT2D eigenvalue weighted by atomic mass is 32.2. The van der Waals surface area contributed by atoms with E-state index < -0.39 is 44.3 Å². The zero-order valence-corrected chi connectivity index (χ0v) is 21.9. The molecule has 1 fully saturated rings. The number of likely N-dealkylation sites (tertiary alicyclic amines) is 1. The highest BCUT2D eigenvalue weighted by molar-refractivity contribution is 7.90. The van der Waals surface area contributed by atoms with Crippen LogP contribution in [0.5, 0.6) is 0 Å². The summed E-state index contributed by atoms with van der Waals surface area (Å²) < 4.78 is 86.8. The number of thiazole rings is 1. The van der Waals surface area contributed by atoms with Crippen LogP contribution in [0.25, 0.3) is 0 Å². The minimum atomic E-state index is -5.08. The Morgan fingerprint density at radius 2 is 1.82 bits per heavy atom. The van der Waals surface area contributed by atoms with Crippen molar-refractivity contribution in [1.29, 1.82) is 0 Å². The highest BCUT2D eigenvalue weighted by Gasteiger charge is 2.40. The Balaban J connectivity index is 0.000000505. The molecule has 2 N–H and O–H groups in total. The molecule has 14 heteroatoms. The van der Waals surface area contributed by atoms with E-state index >= 15 is 4.39 Å². The number of nitrogens with zero attached hydrogens (tertiary/aromatic N) is 2. The summed E-state index contributed by atoms with van der Waals surface area (Å²) in [5.74, 6) is -5.44. The largest absolute Gasteiger partial charge is 0.490 e. The summed E-state index contributed by atoms with van der Waals surface area (Å²) in [5, 5.41) is 11.9. The van der Waals surface area contributed by atoms with E-state index in [1.54, 1.807) is 5.38 Å². The topological polar surface area (TPSA) is 99.6 Å². The van der Waals surface area contributed by atoms with Crippen LogP contribution < -0.4 is 5.32 Å². The maximum absolute atomic E-state index is 15.0. The number of sulfone groups is 1. The van der Waals surface area contributed by atoms with E-state index in [-0.39, 0.29) is 22.5 Å². The monoisotopic (exact) mass is 577 g/mol. The molecule has 1 aromatic heterocycles. The number of hydrogen-bond donors (Lipinski definition) is 2. The van der Waals surface area contributed by atoms with Gasteiger partial charge in [0.15, 0.2) is 9.84 Å². The molecule has 1 saturated heterocycles. The molecule has 0 saturated carbocycles. The van der Waals surface area contributed by atoms with Gasteiger partial charge in [0.1, 0.15) is 16.5 Å². The first-order valence-electron chi connectivity index (χ1n) is 11.0. The van der Waals surface area contributed by atoms with E-state index in [1.165, 1.54) is 29.3 Å². The van der Waals surface area contributed by atoms with Crippen molar-refractivity contribution in [2.75, 3.05) is 18.4 Å². The molecule has 1 aliphatic rings. The number of nitrogens with one attached hydrogen (secondary N) is 1. The molecule has 0 spiro atoms. The van der Waals surface area contributed by atoms with Gasteiger partial charge in [-0.2, -0.15) is 13.2 Å². The van der Waals surface area contributed by atoms with Crippen LogP contribution in [0.2, 0.25) is 0 Å². The van der Waals surface area contributed by atoms with Crippen LogP contribution in [0.1, 0.15) is 23.7 Å². The fourth-order valence-corrected chi connectivity index (χ4v) is 6.12. The van der Waals surface area contributed by atoms with Crippen LogP contribution in [-0.4, -0.2) is 54.2 Å². The van der Waals surface area contributed by atoms with E-state index in [2.05, 4.69) is 27.3 Å². The van der Waals surface area contributed by atoms with E-state index in [1.807, 2.05) is 25.1 Å². The van der Waals surface area contributed by atoms with Gasteiger partial charge in [-0.15, -0.1) is 11.3 Å². The molecule has 1 aliphatic heterocycles. The molecule has 0 amide bonds. The summed E-state index contributed by atoms with van der Waals surface area (Å²) in [4.78, 5) is 14.1. The molecule has 3 aromatic rings. The zero-order valence-electron chi connectivity index (χ0n) is 20.2. The van der Waals surface area contributed by atoms with E-state index in [4.69, 9.17) is 9.90 Å². The maximum Gasteiger partial charge on any atom is 0.490 e. The molecular formula is C24H24F5N3O4S2. The second kappa shape index (κ2) is 11.3. The molecule has 4 rings (SSSR count). The van der Waals surface area contributed by atoms with Crippen LogP contribution in [0.4, 0.5) is 27.6 Å². The van der Waals surface area contributed by atoms with Crippen molar-refractivity contribution in [1.82, 2.24) is 9.88 Å². The van der Waals surface area contributed by atoms with Crippen LogP contribution in [0, 0.1) is 18.6 Å². The van der Waals surface area contributed by atoms with Gasteiger partial charge in [0.25, 0.3) is 0 Å². The molecule has 0 atom stereocenters. The number of anilines is 1. The lowest BCUT2D eigenvalue weighted by Gasteiger charge is -2.49. The Bertz CT molecular complexity index is 1380. The number of aromatic nitrogens is 1. The van der Waals surface area contributed by atoms with Crippen LogP contribution in [0.15, 0.2) is 52.2 Å². The summed E-state index contributed by atoms with van der Waals surface area (Å²) in [6, 6.07) is 11.2. The third-order valence-electron chi connectivity index (χ3n) is 5.63. The summed E-state index contributed by atoms with van der Waals surface area (Å²) >= 11 is 1.23. The number of alkyl halides is 3. The normalized spacial score (nSPS) is 15.2. The Hall–Kier alpha value is -3.10. The first-order chi connectivity index (χ1) is 17.6. The maximum atomic E-state index is 15.0. The lowest BCUT2D eigenvalue weighted by molar-refractivity contribution is -0.192. The Morgan fingerprint density at radius 3 is 2.34 bits per heavy atom. The molecule has 38 heavy (non-hydrogen) atoms. The van der Waals surface area contributed by atoms with E-state index in [0.29, 0.717) is 13.1 Å². The van der Waals surface area contributed by atoms with Crippen LogP contribution in [0.3, 0.4) is 0 Å². The molecule has 0 aliphatic carbocycles. The molecule has 7 nitrogen and oxygen atoms in total. The summed E-state index contributed by atoms with van der Waals surface area (Å²) in [5.41, 5.74) is 2.94. The van der Waals surface area contributed by atoms with Crippen molar-refractivity contribution < 1.29 is 40.3 Å². The Morgan fingerprint density at radius 1 is 1.21 bits per heavy atom. The highest BCUT2D eigenvalue weighted by Crippen LogP contribution is 2.34. The van der Waals surface area contributed by atoms with Crippen LogP contribution >= 0.6 is 11.3 Å². The lowest BCUT2D eigenvalue weighted by Crippen LogP contribution is -2.63. The third kappa shape index (κ3) is 7.26. The van der Waals surface area contributed by atoms with Gasteiger partial charge in [-0.3, -0.25) is 4.90 Å². The molecular weight excluding hydrogens is 553 g/mol. The molecule has 2 aromatic carbocycles. The van der Waals surface area contributed by atoms with Crippen molar-refractivity contribution in [3.63, 3.8) is 0 Å². The second-order valence-corrected chi connectivity index (χ2v) is 11.7. The van der Waals surface area contributed by atoms with Gasteiger partial charge >= 0.3 is 12.1 Å². The fraction of sp³-hybridized carbons (Fsp3) is 0.333. The quantitative estimate of drug-likeness (QED) is 0.381. The SMILES string of the molecule is Cc1c(NC2(C)CN(Cc3ccccc3)C2)cc(F)c(S(=O)(=O)Cc2cscn2)c1F.O=C(O)C(F)(F)F. The molecule has 0 bridgehead atoms. The first kappa shape index (κ1) is 29.5. The average Bonchev–Trinajstić information content (AvgIpc) is 3.29. The van der Waals surface area contributed by atoms with Gasteiger partial charge in [-0.25, -0.2) is 27.0 Å². The number of aliphatic carboxylic acids is 1. The van der Waals surface area contributed by atoms with E-state index in [0.717, 1.165) is 12.6 Å². The molecule has 2 heterocycles. The first-order valence-corrected chi connectivity index (χ1v) is 13.6. The van der Waals surface area contributed by atoms with Crippen molar-refractivity contribution in [3.8, 4) is 0 Å². The van der Waals surface area contributed by atoms with Gasteiger partial charge < -0.3 is 10.4 Å².